The smallest absolute Gasteiger partial charge is 0.0210 e. The van der Waals surface area contributed by atoms with Crippen LogP contribution < -0.4 is 11.3 Å². The van der Waals surface area contributed by atoms with Gasteiger partial charge < -0.3 is 0 Å². The molecule has 2 nitrogen and oxygen atoms in total. The summed E-state index contributed by atoms with van der Waals surface area (Å²) in [7, 11) is 0. The van der Waals surface area contributed by atoms with E-state index in [9.17, 15) is 0 Å². The summed E-state index contributed by atoms with van der Waals surface area (Å²) in [5.74, 6) is 8.62. The van der Waals surface area contributed by atoms with Crippen LogP contribution in [0.4, 0.5) is 0 Å². The van der Waals surface area contributed by atoms with Crippen molar-refractivity contribution in [1.82, 2.24) is 5.43 Å². The zero-order valence-corrected chi connectivity index (χ0v) is 8.63. The fraction of sp³-hybridized carbons (Fsp3) is 1.00. The molecule has 0 aliphatic heterocycles. The van der Waals surface area contributed by atoms with E-state index in [4.69, 9.17) is 5.84 Å². The summed E-state index contributed by atoms with van der Waals surface area (Å²) in [6.07, 6.45) is 8.50. The molecule has 0 aromatic carbocycles. The SMILES string of the molecule is CCC(CC1CC2CCC1C2)NN. The molecule has 2 fully saturated rings. The number of hydrogen-bond acceptors (Lipinski definition) is 2. The lowest BCUT2D eigenvalue weighted by Crippen LogP contribution is -2.36. The van der Waals surface area contributed by atoms with Gasteiger partial charge in [-0.1, -0.05) is 13.3 Å². The van der Waals surface area contributed by atoms with Crippen LogP contribution in [0.25, 0.3) is 0 Å². The first-order valence-corrected chi connectivity index (χ1v) is 5.79. The molecule has 2 aliphatic carbocycles. The Bertz CT molecular complexity index is 165. The molecule has 0 aromatic heterocycles. The minimum atomic E-state index is 0.560. The van der Waals surface area contributed by atoms with Crippen LogP contribution in [0, 0.1) is 17.8 Å². The predicted molar refractivity (Wildman–Crippen MR) is 55.0 cm³/mol. The summed E-state index contributed by atoms with van der Waals surface area (Å²) in [6.45, 7) is 2.22. The molecule has 0 saturated heterocycles. The van der Waals surface area contributed by atoms with Crippen LogP contribution in [0.15, 0.2) is 0 Å². The van der Waals surface area contributed by atoms with Gasteiger partial charge in [0.05, 0.1) is 0 Å². The average Bonchev–Trinajstić information content (AvgIpc) is 2.75. The fourth-order valence-electron chi connectivity index (χ4n) is 3.38. The Kier molecular flexibility index (Phi) is 2.89. The first-order chi connectivity index (χ1) is 6.33. The zero-order valence-electron chi connectivity index (χ0n) is 8.63. The second-order valence-electron chi connectivity index (χ2n) is 4.94. The Morgan fingerprint density at radius 1 is 1.38 bits per heavy atom. The van der Waals surface area contributed by atoms with Crippen LogP contribution in [-0.4, -0.2) is 6.04 Å². The van der Waals surface area contributed by atoms with Gasteiger partial charge in [0, 0.05) is 6.04 Å². The normalized spacial score (nSPS) is 39.7. The summed E-state index contributed by atoms with van der Waals surface area (Å²) >= 11 is 0. The lowest BCUT2D eigenvalue weighted by molar-refractivity contribution is 0.275. The first kappa shape index (κ1) is 9.47. The van der Waals surface area contributed by atoms with E-state index in [-0.39, 0.29) is 0 Å². The van der Waals surface area contributed by atoms with Gasteiger partial charge >= 0.3 is 0 Å². The maximum Gasteiger partial charge on any atom is 0.0210 e. The van der Waals surface area contributed by atoms with Crippen LogP contribution in [0.3, 0.4) is 0 Å². The number of fused-ring (bicyclic) bond motifs is 2. The lowest BCUT2D eigenvalue weighted by atomic mass is 9.84. The monoisotopic (exact) mass is 182 g/mol. The molecule has 2 saturated carbocycles. The summed E-state index contributed by atoms with van der Waals surface area (Å²) < 4.78 is 0. The van der Waals surface area contributed by atoms with Crippen LogP contribution in [0.1, 0.15) is 45.4 Å². The second-order valence-corrected chi connectivity index (χ2v) is 4.94. The number of hydrogen-bond donors (Lipinski definition) is 2. The maximum atomic E-state index is 5.51. The van der Waals surface area contributed by atoms with Gasteiger partial charge in [0.2, 0.25) is 0 Å². The van der Waals surface area contributed by atoms with E-state index in [1.165, 1.54) is 38.5 Å². The molecule has 2 heteroatoms. The Balaban J connectivity index is 1.82. The van der Waals surface area contributed by atoms with Gasteiger partial charge in [-0.3, -0.25) is 11.3 Å². The highest BCUT2D eigenvalue weighted by Gasteiger charge is 2.39. The van der Waals surface area contributed by atoms with Gasteiger partial charge in [0.15, 0.2) is 0 Å². The van der Waals surface area contributed by atoms with Crippen LogP contribution in [0.2, 0.25) is 0 Å². The molecule has 0 radical (unpaired) electrons. The molecule has 2 bridgehead atoms. The van der Waals surface area contributed by atoms with Crippen LogP contribution in [-0.2, 0) is 0 Å². The highest BCUT2D eigenvalue weighted by molar-refractivity contribution is 4.91. The highest BCUT2D eigenvalue weighted by atomic mass is 15.2. The molecule has 0 amide bonds. The third kappa shape index (κ3) is 1.89. The van der Waals surface area contributed by atoms with Crippen molar-refractivity contribution in [2.24, 2.45) is 23.6 Å². The number of hydrazine groups is 1. The van der Waals surface area contributed by atoms with Crippen molar-refractivity contribution in [1.29, 1.82) is 0 Å². The molecule has 4 atom stereocenters. The Morgan fingerprint density at radius 3 is 2.69 bits per heavy atom. The lowest BCUT2D eigenvalue weighted by Gasteiger charge is -2.25. The predicted octanol–water partition coefficient (Wildman–Crippen LogP) is 2.05. The van der Waals surface area contributed by atoms with Crippen molar-refractivity contribution < 1.29 is 0 Å². The van der Waals surface area contributed by atoms with E-state index < -0.39 is 0 Å². The Labute approximate surface area is 81.2 Å². The number of nitrogens with one attached hydrogen (secondary N) is 1. The number of nitrogens with two attached hydrogens (primary N) is 1. The molecule has 4 unspecified atom stereocenters. The van der Waals surface area contributed by atoms with E-state index in [0.29, 0.717) is 6.04 Å². The molecule has 13 heavy (non-hydrogen) atoms. The van der Waals surface area contributed by atoms with E-state index >= 15 is 0 Å². The maximum absolute atomic E-state index is 5.51. The molecule has 76 valence electrons. The molecule has 3 N–H and O–H groups in total. The first-order valence-electron chi connectivity index (χ1n) is 5.79. The van der Waals surface area contributed by atoms with Gasteiger partial charge in [0.1, 0.15) is 0 Å². The molecule has 0 spiro atoms. The third-order valence-electron chi connectivity index (χ3n) is 4.20. The highest BCUT2D eigenvalue weighted by Crippen LogP contribution is 2.49. The van der Waals surface area contributed by atoms with E-state index in [0.717, 1.165) is 17.8 Å². The van der Waals surface area contributed by atoms with Crippen molar-refractivity contribution >= 4 is 0 Å². The summed E-state index contributed by atoms with van der Waals surface area (Å²) in [4.78, 5) is 0. The molecular formula is C11H22N2. The second kappa shape index (κ2) is 3.97. The Morgan fingerprint density at radius 2 is 2.23 bits per heavy atom. The summed E-state index contributed by atoms with van der Waals surface area (Å²) in [6, 6.07) is 0.560. The van der Waals surface area contributed by atoms with Crippen molar-refractivity contribution in [3.8, 4) is 0 Å². The van der Waals surface area contributed by atoms with Crippen molar-refractivity contribution in [3.05, 3.63) is 0 Å². The quantitative estimate of drug-likeness (QED) is 0.516. The molecule has 0 aromatic rings. The van der Waals surface area contributed by atoms with Crippen LogP contribution in [0.5, 0.6) is 0 Å². The zero-order chi connectivity index (χ0) is 9.26. The Hall–Kier alpha value is -0.0800. The van der Waals surface area contributed by atoms with Gasteiger partial charge in [-0.2, -0.15) is 0 Å². The standard InChI is InChI=1S/C11H22N2/c1-2-11(13-12)7-10-6-8-3-4-9(10)5-8/h8-11,13H,2-7,12H2,1H3. The average molecular weight is 182 g/mol. The van der Waals surface area contributed by atoms with Crippen molar-refractivity contribution in [3.63, 3.8) is 0 Å². The minimum absolute atomic E-state index is 0.560. The molecular weight excluding hydrogens is 160 g/mol. The van der Waals surface area contributed by atoms with Gasteiger partial charge in [0.25, 0.3) is 0 Å². The fourth-order valence-corrected chi connectivity index (χ4v) is 3.38. The molecule has 2 rings (SSSR count). The molecule has 0 heterocycles. The topological polar surface area (TPSA) is 38.0 Å². The van der Waals surface area contributed by atoms with E-state index in [1.807, 2.05) is 0 Å². The summed E-state index contributed by atoms with van der Waals surface area (Å²) in [5.41, 5.74) is 2.94. The van der Waals surface area contributed by atoms with Gasteiger partial charge in [-0.05, 0) is 49.9 Å². The molecule has 2 aliphatic rings. The van der Waals surface area contributed by atoms with Gasteiger partial charge in [-0.25, -0.2) is 0 Å². The summed E-state index contributed by atoms with van der Waals surface area (Å²) in [5, 5.41) is 0. The van der Waals surface area contributed by atoms with E-state index in [1.54, 1.807) is 0 Å². The van der Waals surface area contributed by atoms with Crippen molar-refractivity contribution in [2.75, 3.05) is 0 Å². The van der Waals surface area contributed by atoms with Crippen molar-refractivity contribution in [2.45, 2.75) is 51.5 Å². The van der Waals surface area contributed by atoms with E-state index in [2.05, 4.69) is 12.3 Å². The largest absolute Gasteiger partial charge is 0.271 e. The van der Waals surface area contributed by atoms with Gasteiger partial charge in [-0.15, -0.1) is 0 Å². The minimum Gasteiger partial charge on any atom is -0.271 e. The third-order valence-corrected chi connectivity index (χ3v) is 4.20. The number of rotatable bonds is 4. The van der Waals surface area contributed by atoms with Crippen LogP contribution >= 0.6 is 0 Å².